The van der Waals surface area contributed by atoms with E-state index in [9.17, 15) is 14.0 Å². The van der Waals surface area contributed by atoms with Crippen molar-refractivity contribution in [2.45, 2.75) is 19.8 Å². The highest BCUT2D eigenvalue weighted by molar-refractivity contribution is 6.31. The lowest BCUT2D eigenvalue weighted by atomic mass is 10.2. The van der Waals surface area contributed by atoms with Crippen molar-refractivity contribution in [1.82, 2.24) is 5.32 Å². The largest absolute Gasteiger partial charge is 0.452 e. The number of rotatable bonds is 6. The van der Waals surface area contributed by atoms with Crippen molar-refractivity contribution in [3.8, 4) is 0 Å². The number of nitrogens with one attached hydrogen (secondary N) is 1. The summed E-state index contributed by atoms with van der Waals surface area (Å²) in [6, 6.07) is 3.48. The predicted molar refractivity (Wildman–Crippen MR) is 69.6 cm³/mol. The smallest absolute Gasteiger partial charge is 0.338 e. The monoisotopic (exact) mass is 287 g/mol. The average Bonchev–Trinajstić information content (AvgIpc) is 2.39. The second-order valence-electron chi connectivity index (χ2n) is 3.91. The zero-order valence-electron chi connectivity index (χ0n) is 10.5. The molecule has 0 radical (unpaired) electrons. The summed E-state index contributed by atoms with van der Waals surface area (Å²) < 4.78 is 17.7. The van der Waals surface area contributed by atoms with Gasteiger partial charge in [0.05, 0.1) is 10.6 Å². The Morgan fingerprint density at radius 1 is 1.42 bits per heavy atom. The van der Waals surface area contributed by atoms with Crippen LogP contribution in [0.2, 0.25) is 5.02 Å². The molecule has 0 aliphatic heterocycles. The van der Waals surface area contributed by atoms with Crippen molar-refractivity contribution in [1.29, 1.82) is 0 Å². The van der Waals surface area contributed by atoms with Crippen molar-refractivity contribution < 1.29 is 18.7 Å². The molecule has 0 saturated carbocycles. The van der Waals surface area contributed by atoms with Crippen LogP contribution in [0.3, 0.4) is 0 Å². The third-order valence-corrected chi connectivity index (χ3v) is 2.63. The van der Waals surface area contributed by atoms with Gasteiger partial charge >= 0.3 is 5.97 Å². The molecule has 0 saturated heterocycles. The van der Waals surface area contributed by atoms with E-state index in [1.54, 1.807) is 0 Å². The summed E-state index contributed by atoms with van der Waals surface area (Å²) in [7, 11) is 0. The molecule has 1 aromatic rings. The zero-order valence-corrected chi connectivity index (χ0v) is 11.3. The lowest BCUT2D eigenvalue weighted by molar-refractivity contribution is -0.124. The van der Waals surface area contributed by atoms with E-state index in [0.717, 1.165) is 25.0 Å². The molecule has 0 atom stereocenters. The number of esters is 1. The van der Waals surface area contributed by atoms with E-state index in [2.05, 4.69) is 5.32 Å². The van der Waals surface area contributed by atoms with Gasteiger partial charge in [-0.3, -0.25) is 4.79 Å². The van der Waals surface area contributed by atoms with Gasteiger partial charge in [0.2, 0.25) is 0 Å². The SMILES string of the molecule is CCCCNC(=O)COC(=O)c1ccc(F)c(Cl)c1. The first-order chi connectivity index (χ1) is 9.04. The van der Waals surface area contributed by atoms with Gasteiger partial charge < -0.3 is 10.1 Å². The Balaban J connectivity index is 2.42. The second-order valence-corrected chi connectivity index (χ2v) is 4.32. The third-order valence-electron chi connectivity index (χ3n) is 2.34. The van der Waals surface area contributed by atoms with E-state index in [0.29, 0.717) is 6.54 Å². The van der Waals surface area contributed by atoms with Crippen LogP contribution in [0, 0.1) is 5.82 Å². The molecule has 1 aromatic carbocycles. The van der Waals surface area contributed by atoms with Crippen LogP contribution in [0.5, 0.6) is 0 Å². The molecule has 0 spiro atoms. The van der Waals surface area contributed by atoms with Gasteiger partial charge in [0, 0.05) is 6.54 Å². The normalized spacial score (nSPS) is 10.1. The molecule has 19 heavy (non-hydrogen) atoms. The Morgan fingerprint density at radius 3 is 2.79 bits per heavy atom. The first-order valence-electron chi connectivity index (χ1n) is 5.93. The number of hydrogen-bond acceptors (Lipinski definition) is 3. The van der Waals surface area contributed by atoms with Crippen LogP contribution >= 0.6 is 11.6 Å². The van der Waals surface area contributed by atoms with E-state index in [1.165, 1.54) is 6.07 Å². The molecule has 1 amide bonds. The standard InChI is InChI=1S/C13H15ClFNO3/c1-2-3-6-16-12(17)8-19-13(18)9-4-5-11(15)10(14)7-9/h4-5,7H,2-3,6,8H2,1H3,(H,16,17). The Kier molecular flexibility index (Phi) is 6.29. The van der Waals surface area contributed by atoms with Gasteiger partial charge in [-0.15, -0.1) is 0 Å². The molecular weight excluding hydrogens is 273 g/mol. The van der Waals surface area contributed by atoms with Crippen LogP contribution in [0.4, 0.5) is 4.39 Å². The Bertz CT molecular complexity index is 465. The number of ether oxygens (including phenoxy) is 1. The average molecular weight is 288 g/mol. The van der Waals surface area contributed by atoms with Crippen LogP contribution in [0.1, 0.15) is 30.1 Å². The molecule has 6 heteroatoms. The van der Waals surface area contributed by atoms with E-state index in [-0.39, 0.29) is 23.1 Å². The minimum Gasteiger partial charge on any atom is -0.452 e. The number of hydrogen-bond donors (Lipinski definition) is 1. The minimum absolute atomic E-state index is 0.104. The third kappa shape index (κ3) is 5.26. The first kappa shape index (κ1) is 15.4. The molecule has 0 aromatic heterocycles. The summed E-state index contributed by atoms with van der Waals surface area (Å²) >= 11 is 5.54. The Labute approximate surface area is 115 Å². The molecule has 1 rings (SSSR count). The topological polar surface area (TPSA) is 55.4 Å². The zero-order chi connectivity index (χ0) is 14.3. The lowest BCUT2D eigenvalue weighted by Crippen LogP contribution is -2.29. The van der Waals surface area contributed by atoms with Gasteiger partial charge in [0.1, 0.15) is 5.82 Å². The molecule has 104 valence electrons. The van der Waals surface area contributed by atoms with Crippen molar-refractivity contribution in [2.75, 3.05) is 13.2 Å². The number of carbonyl (C=O) groups is 2. The maximum atomic E-state index is 12.9. The lowest BCUT2D eigenvalue weighted by Gasteiger charge is -2.06. The fraction of sp³-hybridized carbons (Fsp3) is 0.385. The summed E-state index contributed by atoms with van der Waals surface area (Å²) in [5.41, 5.74) is 0.104. The van der Waals surface area contributed by atoms with Gasteiger partial charge in [0.15, 0.2) is 6.61 Å². The maximum absolute atomic E-state index is 12.9. The minimum atomic E-state index is -0.715. The number of amides is 1. The summed E-state index contributed by atoms with van der Waals surface area (Å²) in [5, 5.41) is 2.44. The molecule has 0 aliphatic rings. The van der Waals surface area contributed by atoms with Crippen LogP contribution < -0.4 is 5.32 Å². The van der Waals surface area contributed by atoms with Crippen molar-refractivity contribution in [3.63, 3.8) is 0 Å². The fourth-order valence-corrected chi connectivity index (χ4v) is 1.47. The fourth-order valence-electron chi connectivity index (χ4n) is 1.29. The van der Waals surface area contributed by atoms with Crippen molar-refractivity contribution in [3.05, 3.63) is 34.6 Å². The summed E-state index contributed by atoms with van der Waals surface area (Å²) in [4.78, 5) is 22.9. The van der Waals surface area contributed by atoms with E-state index in [4.69, 9.17) is 16.3 Å². The van der Waals surface area contributed by atoms with Gasteiger partial charge in [-0.1, -0.05) is 24.9 Å². The van der Waals surface area contributed by atoms with E-state index < -0.39 is 11.8 Å². The van der Waals surface area contributed by atoms with E-state index in [1.807, 2.05) is 6.92 Å². The summed E-state index contributed by atoms with van der Waals surface area (Å²) in [5.74, 6) is -1.70. The Hall–Kier alpha value is -1.62. The first-order valence-corrected chi connectivity index (χ1v) is 6.31. The highest BCUT2D eigenvalue weighted by Crippen LogP contribution is 2.16. The number of benzene rings is 1. The molecule has 0 heterocycles. The highest BCUT2D eigenvalue weighted by atomic mass is 35.5. The molecule has 0 aliphatic carbocycles. The molecule has 0 unspecified atom stereocenters. The van der Waals surface area contributed by atoms with Gasteiger partial charge in [0.25, 0.3) is 5.91 Å². The van der Waals surface area contributed by atoms with Crippen molar-refractivity contribution in [2.24, 2.45) is 0 Å². The van der Waals surface area contributed by atoms with Crippen LogP contribution in [-0.4, -0.2) is 25.0 Å². The number of carbonyl (C=O) groups excluding carboxylic acids is 2. The number of halogens is 2. The maximum Gasteiger partial charge on any atom is 0.338 e. The summed E-state index contributed by atoms with van der Waals surface area (Å²) in [6.07, 6.45) is 1.83. The molecule has 1 N–H and O–H groups in total. The predicted octanol–water partition coefficient (Wildman–Crippen LogP) is 2.55. The molecule has 4 nitrogen and oxygen atoms in total. The van der Waals surface area contributed by atoms with Gasteiger partial charge in [-0.25, -0.2) is 9.18 Å². The number of unbranched alkanes of at least 4 members (excludes halogenated alkanes) is 1. The molecule has 0 fully saturated rings. The quantitative estimate of drug-likeness (QED) is 0.646. The van der Waals surface area contributed by atoms with Crippen LogP contribution in [0.15, 0.2) is 18.2 Å². The van der Waals surface area contributed by atoms with Crippen molar-refractivity contribution >= 4 is 23.5 Å². The van der Waals surface area contributed by atoms with Crippen LogP contribution in [0.25, 0.3) is 0 Å². The van der Waals surface area contributed by atoms with Gasteiger partial charge in [-0.05, 0) is 24.6 Å². The van der Waals surface area contributed by atoms with Crippen LogP contribution in [-0.2, 0) is 9.53 Å². The summed E-state index contributed by atoms with van der Waals surface area (Å²) in [6.45, 7) is 2.19. The molecular formula is C13H15ClFNO3. The highest BCUT2D eigenvalue weighted by Gasteiger charge is 2.11. The second kappa shape index (κ2) is 7.74. The van der Waals surface area contributed by atoms with Gasteiger partial charge in [-0.2, -0.15) is 0 Å². The molecule has 0 bridgehead atoms. The van der Waals surface area contributed by atoms with E-state index >= 15 is 0 Å². The Morgan fingerprint density at radius 2 is 2.16 bits per heavy atom.